The van der Waals surface area contributed by atoms with Crippen molar-refractivity contribution in [2.75, 3.05) is 37.6 Å². The van der Waals surface area contributed by atoms with Crippen LogP contribution in [0.25, 0.3) is 0 Å². The number of hydrogen-bond acceptors (Lipinski definition) is 3. The van der Waals surface area contributed by atoms with E-state index in [4.69, 9.17) is 5.11 Å². The van der Waals surface area contributed by atoms with E-state index >= 15 is 0 Å². The Kier molecular flexibility index (Phi) is 5.91. The molecule has 0 atom stereocenters. The first-order valence-electron chi connectivity index (χ1n) is 9.24. The molecule has 1 aromatic carbocycles. The SMILES string of the molecule is O=C(O)CCCCN1CCN(c2ccc(C3CCNCC3)cc2)C1=O. The first-order valence-corrected chi connectivity index (χ1v) is 9.24. The number of carbonyl (C=O) groups excluding carboxylic acids is 1. The molecule has 0 unspecified atom stereocenters. The van der Waals surface area contributed by atoms with E-state index in [2.05, 4.69) is 29.6 Å². The molecular formula is C19H27N3O3. The van der Waals surface area contributed by atoms with Crippen LogP contribution in [0.15, 0.2) is 24.3 Å². The van der Waals surface area contributed by atoms with E-state index in [9.17, 15) is 9.59 Å². The Labute approximate surface area is 148 Å². The molecule has 6 heteroatoms. The second kappa shape index (κ2) is 8.34. The molecule has 2 saturated heterocycles. The predicted molar refractivity (Wildman–Crippen MR) is 97.1 cm³/mol. The van der Waals surface area contributed by atoms with Crippen LogP contribution in [-0.2, 0) is 4.79 Å². The maximum absolute atomic E-state index is 12.5. The topological polar surface area (TPSA) is 72.9 Å². The van der Waals surface area contributed by atoms with Gasteiger partial charge in [0.25, 0.3) is 0 Å². The molecule has 0 aliphatic carbocycles. The summed E-state index contributed by atoms with van der Waals surface area (Å²) in [6.07, 6.45) is 3.87. The van der Waals surface area contributed by atoms with Crippen LogP contribution in [0.2, 0.25) is 0 Å². The highest BCUT2D eigenvalue weighted by molar-refractivity contribution is 5.94. The number of rotatable bonds is 7. The molecule has 1 aromatic rings. The van der Waals surface area contributed by atoms with E-state index in [-0.39, 0.29) is 12.5 Å². The third-order valence-corrected chi connectivity index (χ3v) is 5.18. The molecule has 2 amide bonds. The molecule has 25 heavy (non-hydrogen) atoms. The van der Waals surface area contributed by atoms with Gasteiger partial charge in [0.15, 0.2) is 0 Å². The highest BCUT2D eigenvalue weighted by Gasteiger charge is 2.29. The average molecular weight is 345 g/mol. The van der Waals surface area contributed by atoms with Gasteiger partial charge in [-0.15, -0.1) is 0 Å². The summed E-state index contributed by atoms with van der Waals surface area (Å²) in [5.41, 5.74) is 2.32. The zero-order valence-corrected chi connectivity index (χ0v) is 14.6. The van der Waals surface area contributed by atoms with Crippen LogP contribution >= 0.6 is 0 Å². The highest BCUT2D eigenvalue weighted by Crippen LogP contribution is 2.28. The van der Waals surface area contributed by atoms with Gasteiger partial charge in [-0.3, -0.25) is 9.69 Å². The molecule has 3 rings (SSSR count). The van der Waals surface area contributed by atoms with Crippen LogP contribution in [0.4, 0.5) is 10.5 Å². The summed E-state index contributed by atoms with van der Waals surface area (Å²) in [6, 6.07) is 8.47. The Morgan fingerprint density at radius 1 is 1.12 bits per heavy atom. The Balaban J connectivity index is 1.53. The second-order valence-electron chi connectivity index (χ2n) is 6.89. The Morgan fingerprint density at radius 3 is 2.52 bits per heavy atom. The summed E-state index contributed by atoms with van der Waals surface area (Å²) in [5.74, 6) is -0.154. The number of urea groups is 1. The minimum atomic E-state index is -0.775. The zero-order chi connectivity index (χ0) is 17.6. The molecule has 0 spiro atoms. The normalized spacial score (nSPS) is 18.8. The highest BCUT2D eigenvalue weighted by atomic mass is 16.4. The second-order valence-corrected chi connectivity index (χ2v) is 6.89. The lowest BCUT2D eigenvalue weighted by Gasteiger charge is -2.24. The summed E-state index contributed by atoms with van der Waals surface area (Å²) in [5, 5.41) is 12.1. The molecule has 2 heterocycles. The van der Waals surface area contributed by atoms with Crippen molar-refractivity contribution < 1.29 is 14.7 Å². The molecule has 6 nitrogen and oxygen atoms in total. The minimum Gasteiger partial charge on any atom is -0.481 e. The average Bonchev–Trinajstić information content (AvgIpc) is 3.00. The van der Waals surface area contributed by atoms with Gasteiger partial charge in [-0.25, -0.2) is 4.79 Å². The van der Waals surface area contributed by atoms with E-state index in [0.717, 1.165) is 25.2 Å². The summed E-state index contributed by atoms with van der Waals surface area (Å²) in [4.78, 5) is 26.7. The fourth-order valence-corrected chi connectivity index (χ4v) is 3.69. The quantitative estimate of drug-likeness (QED) is 0.745. The number of piperidine rings is 1. The summed E-state index contributed by atoms with van der Waals surface area (Å²) < 4.78 is 0. The lowest BCUT2D eigenvalue weighted by atomic mass is 9.90. The molecule has 0 saturated carbocycles. The number of carbonyl (C=O) groups is 2. The number of anilines is 1. The van der Waals surface area contributed by atoms with Crippen LogP contribution in [0, 0.1) is 0 Å². The van der Waals surface area contributed by atoms with Crippen LogP contribution in [-0.4, -0.2) is 54.7 Å². The molecule has 2 fully saturated rings. The lowest BCUT2D eigenvalue weighted by molar-refractivity contribution is -0.137. The van der Waals surface area contributed by atoms with Gasteiger partial charge >= 0.3 is 12.0 Å². The van der Waals surface area contributed by atoms with Gasteiger partial charge < -0.3 is 15.3 Å². The van der Waals surface area contributed by atoms with E-state index in [0.29, 0.717) is 32.0 Å². The molecule has 2 aliphatic heterocycles. The van der Waals surface area contributed by atoms with Crippen molar-refractivity contribution in [2.24, 2.45) is 0 Å². The molecular weight excluding hydrogens is 318 g/mol. The molecule has 0 aromatic heterocycles. The van der Waals surface area contributed by atoms with Crippen LogP contribution < -0.4 is 10.2 Å². The van der Waals surface area contributed by atoms with Crippen LogP contribution in [0.3, 0.4) is 0 Å². The zero-order valence-electron chi connectivity index (χ0n) is 14.6. The van der Waals surface area contributed by atoms with E-state index in [1.807, 2.05) is 9.80 Å². The predicted octanol–water partition coefficient (Wildman–Crippen LogP) is 2.65. The largest absolute Gasteiger partial charge is 0.481 e. The fourth-order valence-electron chi connectivity index (χ4n) is 3.69. The van der Waals surface area contributed by atoms with Gasteiger partial charge in [-0.2, -0.15) is 0 Å². The van der Waals surface area contributed by atoms with Crippen molar-refractivity contribution in [3.05, 3.63) is 29.8 Å². The van der Waals surface area contributed by atoms with Crippen LogP contribution in [0.1, 0.15) is 43.6 Å². The number of hydrogen-bond donors (Lipinski definition) is 2. The maximum Gasteiger partial charge on any atom is 0.324 e. The Hall–Kier alpha value is -2.08. The summed E-state index contributed by atoms with van der Waals surface area (Å²) >= 11 is 0. The van der Waals surface area contributed by atoms with Gasteiger partial charge in [0.2, 0.25) is 0 Å². The van der Waals surface area contributed by atoms with Gasteiger partial charge in [0, 0.05) is 31.7 Å². The van der Waals surface area contributed by atoms with Crippen molar-refractivity contribution in [1.29, 1.82) is 0 Å². The summed E-state index contributed by atoms with van der Waals surface area (Å²) in [7, 11) is 0. The van der Waals surface area contributed by atoms with Gasteiger partial charge in [-0.05, 0) is 62.4 Å². The minimum absolute atomic E-state index is 0.0324. The smallest absolute Gasteiger partial charge is 0.324 e. The van der Waals surface area contributed by atoms with E-state index in [1.165, 1.54) is 18.4 Å². The van der Waals surface area contributed by atoms with Crippen molar-refractivity contribution in [3.63, 3.8) is 0 Å². The molecule has 2 N–H and O–H groups in total. The molecule has 136 valence electrons. The molecule has 0 radical (unpaired) electrons. The summed E-state index contributed by atoms with van der Waals surface area (Å²) in [6.45, 7) is 4.20. The first-order chi connectivity index (χ1) is 12.1. The van der Waals surface area contributed by atoms with Gasteiger partial charge in [0.05, 0.1) is 0 Å². The molecule has 2 aliphatic rings. The van der Waals surface area contributed by atoms with E-state index < -0.39 is 5.97 Å². The number of benzene rings is 1. The van der Waals surface area contributed by atoms with Crippen molar-refractivity contribution in [1.82, 2.24) is 10.2 Å². The number of nitrogens with one attached hydrogen (secondary N) is 1. The monoisotopic (exact) mass is 345 g/mol. The number of carboxylic acid groups (broad SMARTS) is 1. The third kappa shape index (κ3) is 4.51. The fraction of sp³-hybridized carbons (Fsp3) is 0.579. The van der Waals surface area contributed by atoms with Crippen molar-refractivity contribution in [3.8, 4) is 0 Å². The van der Waals surface area contributed by atoms with Gasteiger partial charge in [-0.1, -0.05) is 12.1 Å². The number of carboxylic acids is 1. The standard InChI is InChI=1S/C19H27N3O3/c23-18(24)3-1-2-12-21-13-14-22(19(21)25)17-6-4-15(5-7-17)16-8-10-20-11-9-16/h4-7,16,20H,1-3,8-14H2,(H,23,24). The third-order valence-electron chi connectivity index (χ3n) is 5.18. The van der Waals surface area contributed by atoms with Crippen molar-refractivity contribution >= 4 is 17.7 Å². The van der Waals surface area contributed by atoms with Crippen LogP contribution in [0.5, 0.6) is 0 Å². The van der Waals surface area contributed by atoms with Gasteiger partial charge in [0.1, 0.15) is 0 Å². The first kappa shape index (κ1) is 17.7. The molecule has 0 bridgehead atoms. The van der Waals surface area contributed by atoms with E-state index in [1.54, 1.807) is 0 Å². The maximum atomic E-state index is 12.5. The Morgan fingerprint density at radius 2 is 1.84 bits per heavy atom. The number of aliphatic carboxylic acids is 1. The Bertz CT molecular complexity index is 596. The van der Waals surface area contributed by atoms with Crippen molar-refractivity contribution in [2.45, 2.75) is 38.0 Å². The lowest BCUT2D eigenvalue weighted by Crippen LogP contribution is -2.32. The number of nitrogens with zero attached hydrogens (tertiary/aromatic N) is 2. The number of amides is 2. The number of unbranched alkanes of at least 4 members (excludes halogenated alkanes) is 1.